The number of aliphatic hydroxyl groups is 1. The number of aromatic amines is 1. The third-order valence-electron chi connectivity index (χ3n) is 9.79. The van der Waals surface area contributed by atoms with Gasteiger partial charge in [-0.2, -0.15) is 11.8 Å². The molecule has 0 aromatic carbocycles. The molecule has 10 atom stereocenters. The number of hydrogen-bond donors (Lipinski definition) is 27. The van der Waals surface area contributed by atoms with Gasteiger partial charge in [0.1, 0.15) is 60.4 Å². The average Bonchev–Trinajstić information content (AvgIpc) is 4.25. The molecule has 0 spiro atoms. The SMILES string of the molecule is CC(C)C[C@H](N)C(=O)O.CC(C)[C@H](N)C(=O)O.CSCC[C@H](N)C(=O)O.C[C@H](N)C(=O)O.NC(=O)CC[C@H](N)C(=O)O.NC(N)=NCCC[C@H](N)C(=O)O.NCCCC[C@H](N)C(=O)O.N[C@@H](CCC(=O)O)C(=O)O.N[C@@H](CO)C(=O)O.N[C@@H](Cc1cnc[nH]1)C(=O)O. The Kier molecular flexibility index (Phi) is 73.7. The molecule has 0 fully saturated rings. The number of aliphatic carboxylic acids is 11. The lowest BCUT2D eigenvalue weighted by Gasteiger charge is -2.07. The number of unbranched alkanes of at least 4 members (excludes halogenated alkanes) is 1. The fourth-order valence-electron chi connectivity index (χ4n) is 4.16. The van der Waals surface area contributed by atoms with Gasteiger partial charge in [-0.1, -0.05) is 34.1 Å². The van der Waals surface area contributed by atoms with Crippen LogP contribution in [0.3, 0.4) is 0 Å². The van der Waals surface area contributed by atoms with Gasteiger partial charge in [0.15, 0.2) is 5.96 Å². The van der Waals surface area contributed by atoms with Crippen LogP contribution in [0.5, 0.6) is 0 Å². The first-order valence-corrected chi connectivity index (χ1v) is 28.6. The number of nitrogens with zero attached hydrogens (tertiary/aromatic N) is 2. The summed E-state index contributed by atoms with van der Waals surface area (Å²) in [6, 6.07) is -8.37. The molecule has 0 bridgehead atoms. The van der Waals surface area contributed by atoms with E-state index in [1.165, 1.54) is 13.3 Å². The van der Waals surface area contributed by atoms with E-state index in [4.69, 9.17) is 142 Å². The maximum Gasteiger partial charge on any atom is 0.322 e. The molecule has 0 aliphatic rings. The van der Waals surface area contributed by atoms with E-state index >= 15 is 0 Å². The lowest BCUT2D eigenvalue weighted by Crippen LogP contribution is -2.34. The van der Waals surface area contributed by atoms with E-state index in [0.29, 0.717) is 51.1 Å². The first kappa shape index (κ1) is 103. The molecule has 0 saturated heterocycles. The molecule has 540 valence electrons. The van der Waals surface area contributed by atoms with Gasteiger partial charge < -0.3 is 147 Å². The molecule has 0 radical (unpaired) electrons. The normalized spacial score (nSPS) is 13.0. The van der Waals surface area contributed by atoms with Crippen molar-refractivity contribution in [1.82, 2.24) is 9.97 Å². The van der Waals surface area contributed by atoms with Crippen LogP contribution in [0.4, 0.5) is 0 Å². The van der Waals surface area contributed by atoms with E-state index < -0.39 is 139 Å². The van der Waals surface area contributed by atoms with Gasteiger partial charge in [0, 0.05) is 37.7 Å². The minimum absolute atomic E-state index is 0.0129. The van der Waals surface area contributed by atoms with Crippen molar-refractivity contribution < 1.29 is 119 Å². The maximum atomic E-state index is 10.3. The van der Waals surface area contributed by atoms with Crippen molar-refractivity contribution in [3.63, 3.8) is 0 Å². The molecule has 0 unspecified atom stereocenters. The predicted molar refractivity (Wildman–Crippen MR) is 337 cm³/mol. The molecule has 41 N–H and O–H groups in total. The molecule has 1 rings (SSSR count). The summed E-state index contributed by atoms with van der Waals surface area (Å²) in [4.78, 5) is 130. The Morgan fingerprint density at radius 3 is 1.11 bits per heavy atom. The number of thioether (sulfide) groups is 1. The standard InChI is InChI=1S/C6H14N4O2.C6H9N3O2.C6H14N2O2.C6H13NO2.C5H10N2O3.C5H9NO4.C5H11NO2S.C5H11NO2.C3H7NO3.C3H7NO2/c7-4(5(11)12)2-1-3-10-6(8)9;7-5(6(10)11)1-4-2-8-3-9-4;7-4-2-1-3-5(8)6(9)10;1-4(2)3-5(7)6(8)9;2*6-3(5(9)10)1-2-4(7)8;1-9-3-2-4(6)5(7)8;1-3(2)4(6)5(7)8;4-2(1-5)3(6)7;1-2(4)3(5)6/h4H,1-3,7H2,(H,11,12)(H4,8,9,10);2-3,5H,1,7H2,(H,8,9)(H,10,11);5H,1-4,7-8H2,(H,9,10);4-5H,3,7H2,1-2H3,(H,8,9);3H,1-2,6H2,(H2,7,8)(H,9,10);3H,1-2,6H2,(H,7,8)(H,9,10);4H,2-3,6H2,1H3,(H,7,8);3-4H,6H2,1-2H3,(H,7,8);2,5H,1,4H2,(H,6,7);2H,4H2,1H3,(H,5,6)/t4-;3*5-;2*3-;2*4-;2*2-/m0000000000/s1. The Labute approximate surface area is 535 Å². The lowest BCUT2D eigenvalue weighted by atomic mass is 10.1. The van der Waals surface area contributed by atoms with E-state index in [-0.39, 0.29) is 44.0 Å². The highest BCUT2D eigenvalue weighted by atomic mass is 32.2. The maximum absolute atomic E-state index is 10.3. The number of aromatic nitrogens is 2. The zero-order valence-corrected chi connectivity index (χ0v) is 53.4. The number of imidazole rings is 1. The van der Waals surface area contributed by atoms with Crippen molar-refractivity contribution in [2.45, 2.75) is 172 Å². The summed E-state index contributed by atoms with van der Waals surface area (Å²) in [5.74, 6) is -10.5. The molecule has 1 aromatic heterocycles. The Balaban J connectivity index is -0.000000119. The van der Waals surface area contributed by atoms with E-state index in [0.717, 1.165) is 24.3 Å². The summed E-state index contributed by atoms with van der Waals surface area (Å²) >= 11 is 1.60. The molecule has 1 amide bonds. The van der Waals surface area contributed by atoms with Gasteiger partial charge in [-0.3, -0.25) is 62.5 Å². The largest absolute Gasteiger partial charge is 0.481 e. The number of amides is 1. The summed E-state index contributed by atoms with van der Waals surface area (Å²) in [5.41, 5.74) is 71.7. The molecule has 1 aromatic rings. The molecule has 92 heavy (non-hydrogen) atoms. The van der Waals surface area contributed by atoms with Gasteiger partial charge in [0.2, 0.25) is 5.91 Å². The number of aliphatic hydroxyl groups excluding tert-OH is 1. The zero-order valence-electron chi connectivity index (χ0n) is 52.5. The van der Waals surface area contributed by atoms with Crippen LogP contribution in [0.1, 0.15) is 111 Å². The zero-order chi connectivity index (χ0) is 74.6. The first-order valence-electron chi connectivity index (χ1n) is 27.3. The Bertz CT molecular complexity index is 2170. The van der Waals surface area contributed by atoms with Gasteiger partial charge in [-0.05, 0) is 88.7 Å². The molecule has 0 aliphatic heterocycles. The van der Waals surface area contributed by atoms with Crippen LogP contribution in [0, 0.1) is 11.8 Å². The molecule has 0 aliphatic carbocycles. The molecular weight excluding hydrogens is 1250 g/mol. The summed E-state index contributed by atoms with van der Waals surface area (Å²) in [6.07, 6.45) is 9.38. The highest BCUT2D eigenvalue weighted by molar-refractivity contribution is 7.98. The van der Waals surface area contributed by atoms with Crippen LogP contribution in [-0.2, 0) is 64.0 Å². The second-order valence-corrected chi connectivity index (χ2v) is 20.3. The van der Waals surface area contributed by atoms with Crippen LogP contribution >= 0.6 is 11.8 Å². The summed E-state index contributed by atoms with van der Waals surface area (Å²) in [6.45, 7) is 9.39. The van der Waals surface area contributed by atoms with E-state index in [9.17, 15) is 57.5 Å². The van der Waals surface area contributed by atoms with Crippen LogP contribution in [-0.4, -0.2) is 241 Å². The van der Waals surface area contributed by atoms with Crippen LogP contribution in [0.15, 0.2) is 17.5 Å². The number of hydrogen-bond acceptors (Lipinski definition) is 27. The van der Waals surface area contributed by atoms with Crippen molar-refractivity contribution in [3.8, 4) is 0 Å². The van der Waals surface area contributed by atoms with E-state index in [2.05, 4.69) is 15.0 Å². The number of carboxylic acid groups (broad SMARTS) is 11. The number of carboxylic acids is 11. The van der Waals surface area contributed by atoms with Crippen LogP contribution in [0.25, 0.3) is 0 Å². The molecule has 0 saturated carbocycles. The topological polar surface area (TPSA) is 853 Å². The number of rotatable bonds is 33. The summed E-state index contributed by atoms with van der Waals surface area (Å²) in [7, 11) is 0. The number of nitrogens with one attached hydrogen (secondary N) is 1. The first-order chi connectivity index (χ1) is 42.1. The van der Waals surface area contributed by atoms with Crippen LogP contribution in [0.2, 0.25) is 0 Å². The minimum Gasteiger partial charge on any atom is -0.481 e. The van der Waals surface area contributed by atoms with Gasteiger partial charge in [-0.15, -0.1) is 0 Å². The third kappa shape index (κ3) is 86.2. The summed E-state index contributed by atoms with van der Waals surface area (Å²) in [5, 5.41) is 98.2. The number of guanidine groups is 1. The van der Waals surface area contributed by atoms with Crippen molar-refractivity contribution in [2.24, 2.45) is 97.1 Å². The second-order valence-electron chi connectivity index (χ2n) is 19.3. The summed E-state index contributed by atoms with van der Waals surface area (Å²) < 4.78 is 0. The average molecular weight is 1360 g/mol. The third-order valence-corrected chi connectivity index (χ3v) is 10.4. The van der Waals surface area contributed by atoms with E-state index in [1.54, 1.807) is 31.8 Å². The quantitative estimate of drug-likeness (QED) is 0.0177. The molecule has 1 heterocycles. The molecule has 41 nitrogen and oxygen atoms in total. The van der Waals surface area contributed by atoms with Crippen molar-refractivity contribution >= 4 is 89.3 Å². The minimum atomic E-state index is -1.18. The van der Waals surface area contributed by atoms with Gasteiger partial charge >= 0.3 is 65.7 Å². The van der Waals surface area contributed by atoms with Crippen molar-refractivity contribution in [2.75, 3.05) is 31.7 Å². The Morgan fingerprint density at radius 2 is 0.870 bits per heavy atom. The number of carbonyl (C=O) groups is 12. The Morgan fingerprint density at radius 1 is 0.500 bits per heavy atom. The van der Waals surface area contributed by atoms with Gasteiger partial charge in [0.25, 0.3) is 0 Å². The molecule has 42 heteroatoms. The van der Waals surface area contributed by atoms with Crippen molar-refractivity contribution in [1.29, 1.82) is 0 Å². The van der Waals surface area contributed by atoms with Crippen LogP contribution < -0.4 is 80.3 Å². The highest BCUT2D eigenvalue weighted by Crippen LogP contribution is 2.03. The van der Waals surface area contributed by atoms with E-state index in [1.807, 2.05) is 20.1 Å². The van der Waals surface area contributed by atoms with Gasteiger partial charge in [-0.25, -0.2) is 4.98 Å². The smallest absolute Gasteiger partial charge is 0.322 e. The number of aliphatic imine (C=N–C) groups is 1. The Hall–Kier alpha value is -8.01. The number of nitrogens with two attached hydrogens (primary N) is 14. The molecular formula is C50H105N17O24S. The fourth-order valence-corrected chi connectivity index (χ4v) is 4.65. The monoisotopic (exact) mass is 1360 g/mol. The highest BCUT2D eigenvalue weighted by Gasteiger charge is 2.17. The number of carbonyl (C=O) groups excluding carboxylic acids is 1. The predicted octanol–water partition coefficient (Wildman–Crippen LogP) is -6.27. The van der Waals surface area contributed by atoms with Crippen molar-refractivity contribution in [3.05, 3.63) is 18.2 Å². The lowest BCUT2D eigenvalue weighted by molar-refractivity contribution is -0.141. The van der Waals surface area contributed by atoms with Gasteiger partial charge in [0.05, 0.1) is 12.9 Å². The number of primary amides is 1. The second kappa shape index (κ2) is 65.9. The number of H-pyrrole nitrogens is 1. The fraction of sp³-hybridized carbons (Fsp3) is 0.680.